The lowest BCUT2D eigenvalue weighted by Crippen LogP contribution is -2.37. The predicted octanol–water partition coefficient (Wildman–Crippen LogP) is 1.99. The summed E-state index contributed by atoms with van der Waals surface area (Å²) in [6.45, 7) is 8.38. The number of nitrogens with one attached hydrogen (secondary N) is 1. The van der Waals surface area contributed by atoms with E-state index in [0.717, 1.165) is 38.9 Å². The number of amides is 1. The molecule has 2 heterocycles. The summed E-state index contributed by atoms with van der Waals surface area (Å²) in [5, 5.41) is 4.52. The molecule has 136 valence electrons. The molecule has 0 saturated carbocycles. The Hall–Kier alpha value is -0.960. The van der Waals surface area contributed by atoms with Crippen LogP contribution in [0.5, 0.6) is 0 Å². The van der Waals surface area contributed by atoms with Crippen molar-refractivity contribution in [2.24, 2.45) is 0 Å². The summed E-state index contributed by atoms with van der Waals surface area (Å²) in [7, 11) is -3.57. The van der Waals surface area contributed by atoms with Crippen LogP contribution in [0.25, 0.3) is 0 Å². The third kappa shape index (κ3) is 4.56. The maximum Gasteiger partial charge on any atom is 0.262 e. The van der Waals surface area contributed by atoms with Crippen molar-refractivity contribution in [1.82, 2.24) is 14.5 Å². The van der Waals surface area contributed by atoms with Crippen molar-refractivity contribution in [1.29, 1.82) is 0 Å². The number of hydrogen-bond donors (Lipinski definition) is 1. The van der Waals surface area contributed by atoms with Crippen LogP contribution in [0.3, 0.4) is 0 Å². The van der Waals surface area contributed by atoms with Crippen LogP contribution >= 0.6 is 11.3 Å². The molecule has 0 radical (unpaired) electrons. The van der Waals surface area contributed by atoms with Gasteiger partial charge in [0.1, 0.15) is 9.77 Å². The number of thiophene rings is 1. The second-order valence-electron chi connectivity index (χ2n) is 5.86. The van der Waals surface area contributed by atoms with E-state index in [1.165, 1.54) is 15.6 Å². The van der Waals surface area contributed by atoms with Crippen LogP contribution in [0.1, 0.15) is 42.8 Å². The molecule has 0 atom stereocenters. The van der Waals surface area contributed by atoms with E-state index < -0.39 is 10.0 Å². The molecule has 2 rings (SSSR count). The lowest BCUT2D eigenvalue weighted by atomic mass is 10.2. The number of carbonyl (C=O) groups excluding carboxylic acids is 1. The van der Waals surface area contributed by atoms with Gasteiger partial charge in [0.2, 0.25) is 10.0 Å². The van der Waals surface area contributed by atoms with Crippen molar-refractivity contribution in [2.75, 3.05) is 39.3 Å². The summed E-state index contributed by atoms with van der Waals surface area (Å²) in [6.07, 6.45) is 2.83. The van der Waals surface area contributed by atoms with Gasteiger partial charge in [0.15, 0.2) is 0 Å². The number of hydrogen-bond acceptors (Lipinski definition) is 5. The van der Waals surface area contributed by atoms with Gasteiger partial charge in [-0.05, 0) is 37.4 Å². The number of piperidine rings is 1. The minimum atomic E-state index is -3.57. The zero-order chi connectivity index (χ0) is 17.6. The lowest BCUT2D eigenvalue weighted by Gasteiger charge is -2.25. The molecule has 0 aliphatic carbocycles. The number of rotatable bonds is 8. The van der Waals surface area contributed by atoms with Gasteiger partial charge in [-0.1, -0.05) is 20.3 Å². The standard InChI is InChI=1S/C16H27N3O3S2/c1-3-18(4-2)12-9-17-16(20)15-14(8-13-23-15)24(21,22)19-10-6-5-7-11-19/h8,13H,3-7,9-12H2,1-2H3,(H,17,20). The Balaban J connectivity index is 2.04. The first-order valence-electron chi connectivity index (χ1n) is 8.58. The van der Waals surface area contributed by atoms with Crippen LogP contribution in [0.4, 0.5) is 0 Å². The summed E-state index contributed by atoms with van der Waals surface area (Å²) in [4.78, 5) is 15.1. The molecule has 1 aromatic rings. The van der Waals surface area contributed by atoms with Gasteiger partial charge in [0.25, 0.3) is 5.91 Å². The molecule has 1 N–H and O–H groups in total. The molecule has 0 spiro atoms. The fraction of sp³-hybridized carbons (Fsp3) is 0.688. The van der Waals surface area contributed by atoms with Crippen molar-refractivity contribution in [3.05, 3.63) is 16.3 Å². The van der Waals surface area contributed by atoms with E-state index in [1.807, 2.05) is 0 Å². The van der Waals surface area contributed by atoms with Crippen molar-refractivity contribution in [3.8, 4) is 0 Å². The van der Waals surface area contributed by atoms with Gasteiger partial charge in [0, 0.05) is 26.2 Å². The van der Waals surface area contributed by atoms with Crippen LogP contribution in [-0.2, 0) is 10.0 Å². The second kappa shape index (κ2) is 8.94. The average Bonchev–Trinajstić information content (AvgIpc) is 3.10. The molecule has 0 unspecified atom stereocenters. The first kappa shape index (κ1) is 19.4. The molecule has 1 aliphatic rings. The third-order valence-electron chi connectivity index (χ3n) is 4.38. The molecule has 8 heteroatoms. The Labute approximate surface area is 148 Å². The maximum absolute atomic E-state index is 12.8. The summed E-state index contributed by atoms with van der Waals surface area (Å²) < 4.78 is 27.1. The smallest absolute Gasteiger partial charge is 0.262 e. The minimum absolute atomic E-state index is 0.148. The fourth-order valence-corrected chi connectivity index (χ4v) is 5.69. The highest BCUT2D eigenvalue weighted by atomic mass is 32.2. The third-order valence-corrected chi connectivity index (χ3v) is 7.36. The van der Waals surface area contributed by atoms with Crippen molar-refractivity contribution >= 4 is 27.3 Å². The Morgan fingerprint density at radius 2 is 1.92 bits per heavy atom. The number of sulfonamides is 1. The van der Waals surface area contributed by atoms with Gasteiger partial charge in [-0.25, -0.2) is 8.42 Å². The van der Waals surface area contributed by atoms with Crippen LogP contribution in [-0.4, -0.2) is 62.8 Å². The monoisotopic (exact) mass is 373 g/mol. The first-order valence-corrected chi connectivity index (χ1v) is 10.9. The quantitative estimate of drug-likeness (QED) is 0.757. The average molecular weight is 374 g/mol. The van der Waals surface area contributed by atoms with E-state index in [0.29, 0.717) is 24.5 Å². The number of nitrogens with zero attached hydrogens (tertiary/aromatic N) is 2. The van der Waals surface area contributed by atoms with E-state index in [4.69, 9.17) is 0 Å². The van der Waals surface area contributed by atoms with Crippen LogP contribution in [0, 0.1) is 0 Å². The fourth-order valence-electron chi connectivity index (χ4n) is 2.86. The highest BCUT2D eigenvalue weighted by Gasteiger charge is 2.30. The molecule has 6 nitrogen and oxygen atoms in total. The van der Waals surface area contributed by atoms with E-state index in [-0.39, 0.29) is 10.8 Å². The molecule has 1 amide bonds. The molecular formula is C16H27N3O3S2. The number of carbonyl (C=O) groups is 1. The molecule has 1 fully saturated rings. The van der Waals surface area contributed by atoms with Crippen LogP contribution in [0.2, 0.25) is 0 Å². The van der Waals surface area contributed by atoms with E-state index in [2.05, 4.69) is 24.1 Å². The van der Waals surface area contributed by atoms with Crippen molar-refractivity contribution in [2.45, 2.75) is 38.0 Å². The summed E-state index contributed by atoms with van der Waals surface area (Å²) in [5.41, 5.74) is 0. The molecule has 0 bridgehead atoms. The topological polar surface area (TPSA) is 69.7 Å². The maximum atomic E-state index is 12.8. The SMILES string of the molecule is CCN(CC)CCNC(=O)c1sccc1S(=O)(=O)N1CCCCC1. The van der Waals surface area contributed by atoms with E-state index >= 15 is 0 Å². The normalized spacial score (nSPS) is 16.5. The van der Waals surface area contributed by atoms with Gasteiger partial charge < -0.3 is 10.2 Å². The Morgan fingerprint density at radius 1 is 1.25 bits per heavy atom. The molecule has 24 heavy (non-hydrogen) atoms. The van der Waals surface area contributed by atoms with Crippen LogP contribution < -0.4 is 5.32 Å². The van der Waals surface area contributed by atoms with Gasteiger partial charge in [-0.2, -0.15) is 4.31 Å². The van der Waals surface area contributed by atoms with Gasteiger partial charge in [0.05, 0.1) is 0 Å². The highest BCUT2D eigenvalue weighted by molar-refractivity contribution is 7.89. The molecular weight excluding hydrogens is 346 g/mol. The minimum Gasteiger partial charge on any atom is -0.350 e. The van der Waals surface area contributed by atoms with Crippen molar-refractivity contribution in [3.63, 3.8) is 0 Å². The lowest BCUT2D eigenvalue weighted by molar-refractivity contribution is 0.0950. The summed E-state index contributed by atoms with van der Waals surface area (Å²) in [5.74, 6) is -0.298. The molecule has 1 aliphatic heterocycles. The summed E-state index contributed by atoms with van der Waals surface area (Å²) >= 11 is 1.19. The van der Waals surface area contributed by atoms with E-state index in [9.17, 15) is 13.2 Å². The molecule has 1 aromatic heterocycles. The highest BCUT2D eigenvalue weighted by Crippen LogP contribution is 2.27. The zero-order valence-electron chi connectivity index (χ0n) is 14.5. The summed E-state index contributed by atoms with van der Waals surface area (Å²) in [6, 6.07) is 1.55. The zero-order valence-corrected chi connectivity index (χ0v) is 16.1. The first-order chi connectivity index (χ1) is 11.5. The largest absolute Gasteiger partial charge is 0.350 e. The Morgan fingerprint density at radius 3 is 2.54 bits per heavy atom. The molecule has 0 aromatic carbocycles. The predicted molar refractivity (Wildman–Crippen MR) is 97.1 cm³/mol. The van der Waals surface area contributed by atoms with Crippen LogP contribution in [0.15, 0.2) is 16.3 Å². The van der Waals surface area contributed by atoms with Gasteiger partial charge >= 0.3 is 0 Å². The van der Waals surface area contributed by atoms with Gasteiger partial charge in [-0.3, -0.25) is 4.79 Å². The number of likely N-dealkylation sites (N-methyl/N-ethyl adjacent to an activating group) is 1. The van der Waals surface area contributed by atoms with Gasteiger partial charge in [-0.15, -0.1) is 11.3 Å². The van der Waals surface area contributed by atoms with E-state index in [1.54, 1.807) is 11.4 Å². The molecule has 1 saturated heterocycles. The Kier molecular flexibility index (Phi) is 7.21. The Bertz CT molecular complexity index is 633. The second-order valence-corrected chi connectivity index (χ2v) is 8.68. The van der Waals surface area contributed by atoms with Crippen molar-refractivity contribution < 1.29 is 13.2 Å².